The van der Waals surface area contributed by atoms with E-state index in [9.17, 15) is 18.3 Å². The molecule has 0 aliphatic heterocycles. The van der Waals surface area contributed by atoms with Gasteiger partial charge in [0.15, 0.2) is 0 Å². The fourth-order valence-electron chi connectivity index (χ4n) is 1.94. The van der Waals surface area contributed by atoms with Crippen LogP contribution in [-0.4, -0.2) is 29.6 Å². The van der Waals surface area contributed by atoms with Crippen molar-refractivity contribution in [3.63, 3.8) is 0 Å². The van der Waals surface area contributed by atoms with E-state index in [0.29, 0.717) is 0 Å². The minimum atomic E-state index is -3.80. The Kier molecular flexibility index (Phi) is 2.98. The molecule has 18 heavy (non-hydrogen) atoms. The van der Waals surface area contributed by atoms with Crippen molar-refractivity contribution in [1.29, 1.82) is 0 Å². The summed E-state index contributed by atoms with van der Waals surface area (Å²) in [5.41, 5.74) is -1.42. The van der Waals surface area contributed by atoms with E-state index in [0.717, 1.165) is 12.8 Å². The van der Waals surface area contributed by atoms with Crippen molar-refractivity contribution in [2.75, 3.05) is 0 Å². The number of carboxylic acids is 1. The zero-order chi connectivity index (χ0) is 13.6. The van der Waals surface area contributed by atoms with Crippen LogP contribution in [0.15, 0.2) is 23.4 Å². The number of hydrogen-bond donors (Lipinski definition) is 2. The molecule has 0 saturated heterocycles. The summed E-state index contributed by atoms with van der Waals surface area (Å²) < 4.78 is 28.1. The topological polar surface area (TPSA) is 88.4 Å². The van der Waals surface area contributed by atoms with Gasteiger partial charge in [-0.1, -0.05) is 0 Å². The van der Waals surface area contributed by atoms with Gasteiger partial charge in [0.1, 0.15) is 5.54 Å². The lowest BCUT2D eigenvalue weighted by atomic mass is 9.98. The van der Waals surface area contributed by atoms with E-state index in [-0.39, 0.29) is 10.8 Å². The van der Waals surface area contributed by atoms with Crippen LogP contribution in [0.25, 0.3) is 0 Å². The molecule has 2 N–H and O–H groups in total. The lowest BCUT2D eigenvalue weighted by molar-refractivity contribution is -0.144. The summed E-state index contributed by atoms with van der Waals surface area (Å²) in [6, 6.07) is 1.44. The normalized spacial score (nSPS) is 19.4. The van der Waals surface area contributed by atoms with Gasteiger partial charge in [-0.05, 0) is 31.7 Å². The van der Waals surface area contributed by atoms with Crippen molar-refractivity contribution >= 4 is 16.0 Å². The number of aryl methyl sites for hydroxylation is 1. The first-order valence-corrected chi connectivity index (χ1v) is 7.13. The molecule has 0 spiro atoms. The van der Waals surface area contributed by atoms with Gasteiger partial charge in [-0.2, -0.15) is 4.72 Å². The van der Waals surface area contributed by atoms with Crippen molar-refractivity contribution in [3.8, 4) is 0 Å². The molecule has 2 rings (SSSR count). The van der Waals surface area contributed by atoms with Gasteiger partial charge in [-0.15, -0.1) is 0 Å². The number of aliphatic carboxylic acids is 1. The van der Waals surface area contributed by atoms with E-state index in [1.165, 1.54) is 19.2 Å². The van der Waals surface area contributed by atoms with E-state index in [4.69, 9.17) is 0 Å². The van der Waals surface area contributed by atoms with Gasteiger partial charge in [0.2, 0.25) is 10.0 Å². The van der Waals surface area contributed by atoms with Gasteiger partial charge >= 0.3 is 5.97 Å². The van der Waals surface area contributed by atoms with E-state index in [2.05, 4.69) is 4.72 Å². The average molecular weight is 272 g/mol. The van der Waals surface area contributed by atoms with Crippen LogP contribution >= 0.6 is 0 Å². The molecule has 1 fully saturated rings. The van der Waals surface area contributed by atoms with Crippen LogP contribution < -0.4 is 4.72 Å². The van der Waals surface area contributed by atoms with Crippen molar-refractivity contribution in [3.05, 3.63) is 18.5 Å². The van der Waals surface area contributed by atoms with Gasteiger partial charge in [0.05, 0.1) is 4.90 Å². The van der Waals surface area contributed by atoms with Crippen molar-refractivity contribution in [2.24, 2.45) is 13.0 Å². The number of aromatic nitrogens is 1. The molecule has 1 aliphatic carbocycles. The number of nitrogens with one attached hydrogen (secondary N) is 1. The number of rotatable bonds is 5. The Morgan fingerprint density at radius 3 is 2.56 bits per heavy atom. The molecular formula is C11H16N2O4S. The Bertz CT molecular complexity index is 574. The fourth-order valence-corrected chi connectivity index (χ4v) is 3.41. The molecule has 100 valence electrons. The SMILES string of the molecule is Cn1ccc(S(=O)(=O)NC(C)(C(=O)O)C2CC2)c1. The highest BCUT2D eigenvalue weighted by Gasteiger charge is 2.50. The molecule has 1 aromatic heterocycles. The summed E-state index contributed by atoms with van der Waals surface area (Å²) in [4.78, 5) is 11.4. The van der Waals surface area contributed by atoms with E-state index in [1.54, 1.807) is 17.8 Å². The highest BCUT2D eigenvalue weighted by Crippen LogP contribution is 2.40. The average Bonchev–Trinajstić information content (AvgIpc) is 3.01. The molecule has 1 atom stereocenters. The summed E-state index contributed by atoms with van der Waals surface area (Å²) >= 11 is 0. The van der Waals surface area contributed by atoms with Crippen LogP contribution in [0.4, 0.5) is 0 Å². The molecule has 0 aromatic carbocycles. The first-order valence-electron chi connectivity index (χ1n) is 5.65. The molecule has 0 amide bonds. The van der Waals surface area contributed by atoms with Crippen molar-refractivity contribution in [1.82, 2.24) is 9.29 Å². The Balaban J connectivity index is 2.29. The largest absolute Gasteiger partial charge is 0.480 e. The maximum Gasteiger partial charge on any atom is 0.324 e. The summed E-state index contributed by atoms with van der Waals surface area (Å²) in [5.74, 6) is -1.27. The first-order chi connectivity index (χ1) is 8.25. The minimum absolute atomic E-state index is 0.0816. The molecule has 0 bridgehead atoms. The molecule has 6 nitrogen and oxygen atoms in total. The second-order valence-corrected chi connectivity index (χ2v) is 6.58. The van der Waals surface area contributed by atoms with Crippen LogP contribution in [0.1, 0.15) is 19.8 Å². The quantitative estimate of drug-likeness (QED) is 0.819. The number of hydrogen-bond acceptors (Lipinski definition) is 3. The number of carboxylic acid groups (broad SMARTS) is 1. The Morgan fingerprint density at radius 2 is 2.17 bits per heavy atom. The van der Waals surface area contributed by atoms with E-state index in [1.807, 2.05) is 0 Å². The molecule has 1 heterocycles. The highest BCUT2D eigenvalue weighted by molar-refractivity contribution is 7.89. The Labute approximate surface area is 106 Å². The molecule has 1 unspecified atom stereocenters. The minimum Gasteiger partial charge on any atom is -0.480 e. The van der Waals surface area contributed by atoms with Gasteiger partial charge in [-0.3, -0.25) is 4.79 Å². The third-order valence-electron chi connectivity index (χ3n) is 3.30. The van der Waals surface area contributed by atoms with Crippen LogP contribution in [0, 0.1) is 5.92 Å². The fraction of sp³-hybridized carbons (Fsp3) is 0.545. The van der Waals surface area contributed by atoms with Crippen molar-refractivity contribution in [2.45, 2.75) is 30.2 Å². The van der Waals surface area contributed by atoms with Gasteiger partial charge in [-0.25, -0.2) is 8.42 Å². The van der Waals surface area contributed by atoms with Gasteiger partial charge in [0, 0.05) is 19.4 Å². The summed E-state index contributed by atoms with van der Waals surface area (Å²) in [6.45, 7) is 1.42. The number of nitrogens with zero attached hydrogens (tertiary/aromatic N) is 1. The number of carbonyl (C=O) groups is 1. The zero-order valence-corrected chi connectivity index (χ0v) is 11.1. The Morgan fingerprint density at radius 1 is 1.56 bits per heavy atom. The lowest BCUT2D eigenvalue weighted by Crippen LogP contribution is -2.53. The van der Waals surface area contributed by atoms with E-state index >= 15 is 0 Å². The van der Waals surface area contributed by atoms with Crippen LogP contribution in [0.5, 0.6) is 0 Å². The van der Waals surface area contributed by atoms with Crippen molar-refractivity contribution < 1.29 is 18.3 Å². The van der Waals surface area contributed by atoms with Crippen LogP contribution in [0.3, 0.4) is 0 Å². The molecule has 1 aromatic rings. The number of sulfonamides is 1. The maximum absolute atomic E-state index is 12.1. The monoisotopic (exact) mass is 272 g/mol. The molecule has 1 saturated carbocycles. The highest BCUT2D eigenvalue weighted by atomic mass is 32.2. The Hall–Kier alpha value is -1.34. The third kappa shape index (κ3) is 2.28. The first kappa shape index (κ1) is 13.1. The third-order valence-corrected chi connectivity index (χ3v) is 4.85. The summed E-state index contributed by atoms with van der Waals surface area (Å²) in [7, 11) is -2.09. The molecule has 0 radical (unpaired) electrons. The second kappa shape index (κ2) is 4.10. The van der Waals surface area contributed by atoms with Gasteiger partial charge in [0.25, 0.3) is 0 Å². The summed E-state index contributed by atoms with van der Waals surface area (Å²) in [5, 5.41) is 9.23. The lowest BCUT2D eigenvalue weighted by Gasteiger charge is -2.25. The van der Waals surface area contributed by atoms with Gasteiger partial charge < -0.3 is 9.67 Å². The predicted molar refractivity (Wildman–Crippen MR) is 64.5 cm³/mol. The standard InChI is InChI=1S/C11H16N2O4S/c1-11(10(14)15,8-3-4-8)12-18(16,17)9-5-6-13(2)7-9/h5-8,12H,3-4H2,1-2H3,(H,14,15). The van der Waals surface area contributed by atoms with Crippen LogP contribution in [-0.2, 0) is 21.9 Å². The second-order valence-electron chi connectivity index (χ2n) is 4.90. The molecule has 7 heteroatoms. The maximum atomic E-state index is 12.1. The smallest absolute Gasteiger partial charge is 0.324 e. The molecular weight excluding hydrogens is 256 g/mol. The zero-order valence-electron chi connectivity index (χ0n) is 10.3. The molecule has 1 aliphatic rings. The predicted octanol–water partition coefficient (Wildman–Crippen LogP) is 0.557. The summed E-state index contributed by atoms with van der Waals surface area (Å²) in [6.07, 6.45) is 4.52. The van der Waals surface area contributed by atoms with Crippen LogP contribution in [0.2, 0.25) is 0 Å². The van der Waals surface area contributed by atoms with E-state index < -0.39 is 21.5 Å².